The van der Waals surface area contributed by atoms with Gasteiger partial charge in [-0.1, -0.05) is 53.9 Å². The average Bonchev–Trinajstić information content (AvgIpc) is 3.47. The van der Waals surface area contributed by atoms with Crippen LogP contribution in [0.1, 0.15) is 54.2 Å². The smallest absolute Gasteiger partial charge is 0.240 e. The monoisotopic (exact) mass is 417 g/mol. The van der Waals surface area contributed by atoms with Crippen LogP contribution in [-0.4, -0.2) is 51.1 Å². The lowest BCUT2D eigenvalue weighted by atomic mass is 9.78. The van der Waals surface area contributed by atoms with Crippen LogP contribution in [0.25, 0.3) is 0 Å². The van der Waals surface area contributed by atoms with Gasteiger partial charge in [-0.3, -0.25) is 14.8 Å². The zero-order valence-electron chi connectivity index (χ0n) is 18.3. The van der Waals surface area contributed by atoms with Crippen LogP contribution in [0, 0.1) is 6.92 Å². The zero-order chi connectivity index (χ0) is 21.1. The van der Waals surface area contributed by atoms with Crippen molar-refractivity contribution in [1.82, 2.24) is 24.9 Å². The van der Waals surface area contributed by atoms with Gasteiger partial charge in [-0.15, -0.1) is 0 Å². The van der Waals surface area contributed by atoms with Gasteiger partial charge in [0.25, 0.3) is 0 Å². The summed E-state index contributed by atoms with van der Waals surface area (Å²) in [6.07, 6.45) is 6.50. The van der Waals surface area contributed by atoms with Gasteiger partial charge in [0.05, 0.1) is 17.7 Å². The van der Waals surface area contributed by atoms with E-state index in [1.54, 1.807) is 0 Å². The first-order valence-electron chi connectivity index (χ1n) is 11.5. The predicted molar refractivity (Wildman–Crippen MR) is 120 cm³/mol. The second-order valence-electron chi connectivity index (χ2n) is 9.04. The lowest BCUT2D eigenvalue weighted by Crippen LogP contribution is -2.45. The number of hydrogen-bond acceptors (Lipinski definition) is 6. The van der Waals surface area contributed by atoms with Crippen molar-refractivity contribution in [2.75, 3.05) is 26.2 Å². The summed E-state index contributed by atoms with van der Waals surface area (Å²) in [6.45, 7) is 7.86. The van der Waals surface area contributed by atoms with Crippen LogP contribution in [0.4, 0.5) is 0 Å². The molecule has 162 valence electrons. The van der Waals surface area contributed by atoms with E-state index in [0.29, 0.717) is 0 Å². The quantitative estimate of drug-likeness (QED) is 0.605. The van der Waals surface area contributed by atoms with Crippen molar-refractivity contribution in [1.29, 1.82) is 0 Å². The minimum absolute atomic E-state index is 0.0865. The number of pyridine rings is 1. The summed E-state index contributed by atoms with van der Waals surface area (Å²) in [6, 6.07) is 15.0. The third kappa shape index (κ3) is 4.41. The highest BCUT2D eigenvalue weighted by molar-refractivity contribution is 5.35. The molecule has 1 saturated carbocycles. The molecule has 6 nitrogen and oxygen atoms in total. The van der Waals surface area contributed by atoms with Gasteiger partial charge < -0.3 is 4.52 Å². The first-order chi connectivity index (χ1) is 15.2. The molecule has 0 spiro atoms. The first-order valence-corrected chi connectivity index (χ1v) is 11.5. The van der Waals surface area contributed by atoms with Gasteiger partial charge in [0, 0.05) is 38.9 Å². The van der Waals surface area contributed by atoms with Crippen LogP contribution in [0.15, 0.2) is 53.2 Å². The molecule has 1 aromatic carbocycles. The number of aryl methyl sites for hydroxylation is 1. The van der Waals surface area contributed by atoms with Crippen molar-refractivity contribution in [2.24, 2.45) is 0 Å². The Morgan fingerprint density at radius 2 is 1.61 bits per heavy atom. The van der Waals surface area contributed by atoms with E-state index in [-0.39, 0.29) is 5.41 Å². The Morgan fingerprint density at radius 1 is 0.903 bits per heavy atom. The Hall–Kier alpha value is -2.57. The van der Waals surface area contributed by atoms with Gasteiger partial charge in [-0.2, -0.15) is 4.98 Å². The largest absolute Gasteiger partial charge is 0.338 e. The number of piperazine rings is 1. The third-order valence-corrected chi connectivity index (χ3v) is 6.89. The van der Waals surface area contributed by atoms with E-state index >= 15 is 0 Å². The summed E-state index contributed by atoms with van der Waals surface area (Å²) < 4.78 is 5.75. The van der Waals surface area contributed by atoms with E-state index in [4.69, 9.17) is 9.51 Å². The topological polar surface area (TPSA) is 58.3 Å². The standard InChI is InChI=1S/C25H31N5O/c1-20-7-9-21(10-8-20)25(11-3-4-12-25)24-27-23(31-28-24)19-30-16-14-29(15-17-30)18-22-6-2-5-13-26-22/h2,5-10,13H,3-4,11-12,14-19H2,1H3. The summed E-state index contributed by atoms with van der Waals surface area (Å²) in [5, 5.41) is 4.47. The molecule has 0 N–H and O–H groups in total. The van der Waals surface area contributed by atoms with Gasteiger partial charge in [0.1, 0.15) is 0 Å². The molecule has 6 heteroatoms. The Bertz CT molecular complexity index is 971. The van der Waals surface area contributed by atoms with Crippen LogP contribution >= 0.6 is 0 Å². The Kier molecular flexibility index (Phi) is 5.83. The van der Waals surface area contributed by atoms with Crippen LogP contribution in [0.2, 0.25) is 0 Å². The fourth-order valence-electron chi connectivity index (χ4n) is 5.02. The molecule has 1 aliphatic carbocycles. The van der Waals surface area contributed by atoms with Crippen molar-refractivity contribution in [3.05, 3.63) is 77.2 Å². The molecular formula is C25H31N5O. The van der Waals surface area contributed by atoms with Crippen molar-refractivity contribution in [2.45, 2.75) is 51.1 Å². The summed E-state index contributed by atoms with van der Waals surface area (Å²) in [5.74, 6) is 1.62. The van der Waals surface area contributed by atoms with Gasteiger partial charge in [0.2, 0.25) is 5.89 Å². The van der Waals surface area contributed by atoms with E-state index in [1.807, 2.05) is 12.3 Å². The summed E-state index contributed by atoms with van der Waals surface area (Å²) in [5.41, 5.74) is 3.66. The SMILES string of the molecule is Cc1ccc(C2(c3noc(CN4CCN(Cc5ccccn5)CC4)n3)CCCC2)cc1. The lowest BCUT2D eigenvalue weighted by molar-refractivity contribution is 0.111. The highest BCUT2D eigenvalue weighted by Gasteiger charge is 2.41. The number of benzene rings is 1. The summed E-state index contributed by atoms with van der Waals surface area (Å²) >= 11 is 0. The second-order valence-corrected chi connectivity index (χ2v) is 9.04. The minimum atomic E-state index is -0.0865. The average molecular weight is 418 g/mol. The normalized spacial score (nSPS) is 19.6. The Labute approximate surface area is 184 Å². The molecule has 1 aliphatic heterocycles. The highest BCUT2D eigenvalue weighted by atomic mass is 16.5. The van der Waals surface area contributed by atoms with Crippen LogP contribution in [0.3, 0.4) is 0 Å². The number of rotatable bonds is 6. The molecule has 0 unspecified atom stereocenters. The third-order valence-electron chi connectivity index (χ3n) is 6.89. The fourth-order valence-corrected chi connectivity index (χ4v) is 5.02. The highest BCUT2D eigenvalue weighted by Crippen LogP contribution is 2.45. The van der Waals surface area contributed by atoms with E-state index in [9.17, 15) is 0 Å². The molecule has 1 saturated heterocycles. The maximum absolute atomic E-state index is 5.75. The van der Waals surface area contributed by atoms with E-state index in [2.05, 4.69) is 63.3 Å². The molecule has 0 radical (unpaired) electrons. The number of nitrogens with zero attached hydrogens (tertiary/aromatic N) is 5. The van der Waals surface area contributed by atoms with Crippen LogP contribution < -0.4 is 0 Å². The minimum Gasteiger partial charge on any atom is -0.338 e. The van der Waals surface area contributed by atoms with Crippen molar-refractivity contribution < 1.29 is 4.52 Å². The lowest BCUT2D eigenvalue weighted by Gasteiger charge is -2.33. The molecule has 5 rings (SSSR count). The van der Waals surface area contributed by atoms with E-state index in [1.165, 1.54) is 24.0 Å². The number of hydrogen-bond donors (Lipinski definition) is 0. The maximum atomic E-state index is 5.75. The molecule has 0 amide bonds. The van der Waals surface area contributed by atoms with Crippen LogP contribution in [-0.2, 0) is 18.5 Å². The predicted octanol–water partition coefficient (Wildman–Crippen LogP) is 3.95. The van der Waals surface area contributed by atoms with Crippen molar-refractivity contribution >= 4 is 0 Å². The molecule has 3 heterocycles. The second kappa shape index (κ2) is 8.89. The Morgan fingerprint density at radius 3 is 2.29 bits per heavy atom. The maximum Gasteiger partial charge on any atom is 0.240 e. The van der Waals surface area contributed by atoms with Crippen LogP contribution in [0.5, 0.6) is 0 Å². The molecule has 2 aliphatic rings. The van der Waals surface area contributed by atoms with Crippen molar-refractivity contribution in [3.8, 4) is 0 Å². The first kappa shape index (κ1) is 20.3. The molecule has 3 aromatic rings. The number of aromatic nitrogens is 3. The Balaban J connectivity index is 1.22. The van der Waals surface area contributed by atoms with Gasteiger partial charge in [-0.05, 0) is 37.5 Å². The molecule has 0 atom stereocenters. The van der Waals surface area contributed by atoms with Gasteiger partial charge in [0.15, 0.2) is 5.82 Å². The fraction of sp³-hybridized carbons (Fsp3) is 0.480. The molecule has 2 aromatic heterocycles. The molecule has 2 fully saturated rings. The summed E-state index contributed by atoms with van der Waals surface area (Å²) in [4.78, 5) is 14.2. The van der Waals surface area contributed by atoms with Crippen molar-refractivity contribution in [3.63, 3.8) is 0 Å². The zero-order valence-corrected chi connectivity index (χ0v) is 18.3. The molecule has 31 heavy (non-hydrogen) atoms. The molecular weight excluding hydrogens is 386 g/mol. The molecule has 0 bridgehead atoms. The van der Waals surface area contributed by atoms with Gasteiger partial charge >= 0.3 is 0 Å². The van der Waals surface area contributed by atoms with Gasteiger partial charge in [-0.25, -0.2) is 0 Å². The van der Waals surface area contributed by atoms with E-state index in [0.717, 1.165) is 69.5 Å². The summed E-state index contributed by atoms with van der Waals surface area (Å²) in [7, 11) is 0. The van der Waals surface area contributed by atoms with E-state index < -0.39 is 0 Å².